The summed E-state index contributed by atoms with van der Waals surface area (Å²) >= 11 is 0. The van der Waals surface area contributed by atoms with Crippen molar-refractivity contribution >= 4 is 6.29 Å². The van der Waals surface area contributed by atoms with E-state index in [-0.39, 0.29) is 0 Å². The summed E-state index contributed by atoms with van der Waals surface area (Å²) in [6.07, 6.45) is 4.14. The maximum absolute atomic E-state index is 10.3. The molecule has 0 heterocycles. The highest BCUT2D eigenvalue weighted by atomic mass is 16.5. The van der Waals surface area contributed by atoms with Crippen molar-refractivity contribution in [2.24, 2.45) is 5.41 Å². The molecular weight excluding hydrogens is 140 g/mol. The molecule has 2 heteroatoms. The van der Waals surface area contributed by atoms with Gasteiger partial charge < -0.3 is 4.74 Å². The number of carbonyl (C=O) groups excluding carboxylic acids is 1. The van der Waals surface area contributed by atoms with Gasteiger partial charge in [0.2, 0.25) is 6.29 Å². The number of rotatable bonds is 6. The van der Waals surface area contributed by atoms with Gasteiger partial charge in [0.15, 0.2) is 0 Å². The predicted octanol–water partition coefficient (Wildman–Crippen LogP) is 1.94. The molecule has 0 aromatic rings. The molecule has 0 spiro atoms. The van der Waals surface area contributed by atoms with E-state index in [9.17, 15) is 4.79 Å². The van der Waals surface area contributed by atoms with Gasteiger partial charge in [0.25, 0.3) is 0 Å². The van der Waals surface area contributed by atoms with E-state index in [0.29, 0.717) is 6.61 Å². The van der Waals surface area contributed by atoms with Gasteiger partial charge in [-0.25, -0.2) is 0 Å². The lowest BCUT2D eigenvalue weighted by molar-refractivity contribution is 0.0877. The van der Waals surface area contributed by atoms with Crippen LogP contribution in [-0.4, -0.2) is 19.5 Å². The first-order chi connectivity index (χ1) is 5.12. The van der Waals surface area contributed by atoms with E-state index in [1.807, 2.05) is 20.1 Å². The molecule has 0 atom stereocenters. The first-order valence-electron chi connectivity index (χ1n) is 4.09. The van der Waals surface area contributed by atoms with Gasteiger partial charge in [-0.05, 0) is 6.42 Å². The molecule has 0 aromatic heterocycles. The molecule has 0 aliphatic rings. The summed E-state index contributed by atoms with van der Waals surface area (Å²) in [5.74, 6) is 0. The Balaban J connectivity index is 3.30. The Morgan fingerprint density at radius 1 is 1.45 bits per heavy atom. The summed E-state index contributed by atoms with van der Waals surface area (Å²) < 4.78 is 5.27. The molecule has 0 rings (SSSR count). The van der Waals surface area contributed by atoms with Crippen molar-refractivity contribution in [3.8, 4) is 0 Å². The molecule has 0 fully saturated rings. The molecule has 0 aromatic carbocycles. The van der Waals surface area contributed by atoms with Crippen molar-refractivity contribution in [1.82, 2.24) is 0 Å². The minimum absolute atomic E-state index is 0.437. The Morgan fingerprint density at radius 3 is 2.55 bits per heavy atom. The van der Waals surface area contributed by atoms with Crippen molar-refractivity contribution in [3.05, 3.63) is 0 Å². The lowest BCUT2D eigenvalue weighted by Gasteiger charge is -2.15. The Bertz CT molecular complexity index is 108. The third kappa shape index (κ3) is 6.05. The highest BCUT2D eigenvalue weighted by molar-refractivity contribution is 5.58. The van der Waals surface area contributed by atoms with Crippen molar-refractivity contribution < 1.29 is 9.53 Å². The molecule has 1 radical (unpaired) electrons. The minimum Gasteiger partial charge on any atom is -0.380 e. The Kier molecular flexibility index (Phi) is 5.12. The van der Waals surface area contributed by atoms with Crippen molar-refractivity contribution in [1.29, 1.82) is 0 Å². The normalized spacial score (nSPS) is 11.5. The zero-order valence-corrected chi connectivity index (χ0v) is 7.64. The van der Waals surface area contributed by atoms with Crippen LogP contribution >= 0.6 is 0 Å². The van der Waals surface area contributed by atoms with Gasteiger partial charge in [-0.1, -0.05) is 27.2 Å². The van der Waals surface area contributed by atoms with Crippen LogP contribution in [-0.2, 0) is 9.53 Å². The van der Waals surface area contributed by atoms with Crippen LogP contribution in [0, 0.1) is 5.41 Å². The summed E-state index contributed by atoms with van der Waals surface area (Å²) in [6, 6.07) is 0. The lowest BCUT2D eigenvalue weighted by atomic mass is 9.98. The summed E-state index contributed by atoms with van der Waals surface area (Å²) in [4.78, 5) is 10.3. The Hall–Kier alpha value is -0.370. The molecule has 0 N–H and O–H groups in total. The lowest BCUT2D eigenvalue weighted by Crippen LogP contribution is -2.20. The summed E-state index contributed by atoms with van der Waals surface area (Å²) in [7, 11) is 0. The van der Waals surface area contributed by atoms with E-state index < -0.39 is 5.41 Å². The SMILES string of the molecule is CCCCOCC(C)(C)[C]=O. The number of hydrogen-bond acceptors (Lipinski definition) is 2. The number of ether oxygens (including phenoxy) is 1. The Morgan fingerprint density at radius 2 is 2.09 bits per heavy atom. The minimum atomic E-state index is -0.437. The van der Waals surface area contributed by atoms with E-state index in [2.05, 4.69) is 6.92 Å². The van der Waals surface area contributed by atoms with Gasteiger partial charge in [-0.2, -0.15) is 0 Å². The maximum atomic E-state index is 10.3. The molecule has 65 valence electrons. The van der Waals surface area contributed by atoms with Crippen LogP contribution in [0.25, 0.3) is 0 Å². The van der Waals surface area contributed by atoms with Gasteiger partial charge in [-0.3, -0.25) is 4.79 Å². The van der Waals surface area contributed by atoms with E-state index in [1.54, 1.807) is 0 Å². The highest BCUT2D eigenvalue weighted by Crippen LogP contribution is 2.10. The van der Waals surface area contributed by atoms with Crippen LogP contribution in [0.1, 0.15) is 33.6 Å². The van der Waals surface area contributed by atoms with E-state index in [0.717, 1.165) is 19.4 Å². The second-order valence-electron chi connectivity index (χ2n) is 3.39. The maximum Gasteiger partial charge on any atom is 0.206 e. The van der Waals surface area contributed by atoms with Crippen molar-refractivity contribution in [3.63, 3.8) is 0 Å². The number of hydrogen-bond donors (Lipinski definition) is 0. The molecular formula is C9H17O2. The molecule has 0 bridgehead atoms. The Labute approximate surface area is 68.9 Å². The first kappa shape index (κ1) is 10.6. The van der Waals surface area contributed by atoms with E-state index in [4.69, 9.17) is 4.74 Å². The fourth-order valence-corrected chi connectivity index (χ4v) is 0.603. The van der Waals surface area contributed by atoms with E-state index in [1.165, 1.54) is 0 Å². The number of unbranched alkanes of at least 4 members (excludes halogenated alkanes) is 1. The van der Waals surface area contributed by atoms with Crippen LogP contribution in [0.5, 0.6) is 0 Å². The van der Waals surface area contributed by atoms with Gasteiger partial charge >= 0.3 is 0 Å². The molecule has 0 saturated heterocycles. The topological polar surface area (TPSA) is 26.3 Å². The average Bonchev–Trinajstić information content (AvgIpc) is 1.99. The quantitative estimate of drug-likeness (QED) is 0.551. The van der Waals surface area contributed by atoms with Gasteiger partial charge in [0, 0.05) is 6.61 Å². The second-order valence-corrected chi connectivity index (χ2v) is 3.39. The van der Waals surface area contributed by atoms with E-state index >= 15 is 0 Å². The molecule has 0 saturated carbocycles. The standard InChI is InChI=1S/C9H17O2/c1-4-5-6-11-8-9(2,3)7-10/h4-6,8H2,1-3H3. The first-order valence-corrected chi connectivity index (χ1v) is 4.09. The molecule has 0 amide bonds. The summed E-state index contributed by atoms with van der Waals surface area (Å²) in [6.45, 7) is 7.00. The summed E-state index contributed by atoms with van der Waals surface area (Å²) in [5, 5.41) is 0. The van der Waals surface area contributed by atoms with Crippen LogP contribution in [0.2, 0.25) is 0 Å². The zero-order chi connectivity index (χ0) is 8.74. The largest absolute Gasteiger partial charge is 0.380 e. The average molecular weight is 157 g/mol. The monoisotopic (exact) mass is 157 g/mol. The smallest absolute Gasteiger partial charge is 0.206 e. The van der Waals surface area contributed by atoms with Gasteiger partial charge in [0.05, 0.1) is 12.0 Å². The third-order valence-corrected chi connectivity index (χ3v) is 1.38. The highest BCUT2D eigenvalue weighted by Gasteiger charge is 2.17. The van der Waals surface area contributed by atoms with Gasteiger partial charge in [-0.15, -0.1) is 0 Å². The van der Waals surface area contributed by atoms with Crippen LogP contribution in [0.15, 0.2) is 0 Å². The second kappa shape index (κ2) is 5.30. The third-order valence-electron chi connectivity index (χ3n) is 1.38. The zero-order valence-electron chi connectivity index (χ0n) is 7.64. The summed E-state index contributed by atoms with van der Waals surface area (Å²) in [5.41, 5.74) is -0.437. The fraction of sp³-hybridized carbons (Fsp3) is 0.889. The van der Waals surface area contributed by atoms with Gasteiger partial charge in [0.1, 0.15) is 0 Å². The molecule has 2 nitrogen and oxygen atoms in total. The molecule has 0 unspecified atom stereocenters. The molecule has 11 heavy (non-hydrogen) atoms. The molecule has 0 aliphatic heterocycles. The van der Waals surface area contributed by atoms with Crippen molar-refractivity contribution in [2.45, 2.75) is 33.6 Å². The molecule has 0 aliphatic carbocycles. The predicted molar refractivity (Wildman–Crippen MR) is 45.2 cm³/mol. The van der Waals surface area contributed by atoms with Crippen LogP contribution in [0.4, 0.5) is 0 Å². The fourth-order valence-electron chi connectivity index (χ4n) is 0.603. The van der Waals surface area contributed by atoms with Crippen LogP contribution < -0.4 is 0 Å². The van der Waals surface area contributed by atoms with Crippen LogP contribution in [0.3, 0.4) is 0 Å². The van der Waals surface area contributed by atoms with Crippen molar-refractivity contribution in [2.75, 3.05) is 13.2 Å².